The standard InChI is InChI=1S/C27H51N5O2/c1-6-29(7-2)17-14-22-33-28-25-24(23-15-16-27(25,5)34-26(23,3)4)32(30-18-10-8-11-19-30)31-20-12-9-13-21-31/h23-24H,6-22H2,1-5H3/b28-25-/t23-,24-,27+/m1/s1. The van der Waals surface area contributed by atoms with Crippen LogP contribution in [0.3, 0.4) is 0 Å². The Balaban J connectivity index is 1.59. The molecule has 0 aromatic carbocycles. The largest absolute Gasteiger partial charge is 0.396 e. The third-order valence-electron chi connectivity index (χ3n) is 8.78. The average Bonchev–Trinajstić information content (AvgIpc) is 2.83. The second-order valence-corrected chi connectivity index (χ2v) is 11.6. The number of fused-ring (bicyclic) bond motifs is 3. The van der Waals surface area contributed by atoms with Gasteiger partial charge in [-0.2, -0.15) is 5.12 Å². The summed E-state index contributed by atoms with van der Waals surface area (Å²) in [6.07, 6.45) is 11.1. The molecule has 0 aromatic rings. The zero-order valence-corrected chi connectivity index (χ0v) is 22.7. The Bertz CT molecular complexity index is 652. The summed E-state index contributed by atoms with van der Waals surface area (Å²) in [6.45, 7) is 19.8. The molecule has 0 N–H and O–H groups in total. The number of oxime groups is 1. The summed E-state index contributed by atoms with van der Waals surface area (Å²) >= 11 is 0. The van der Waals surface area contributed by atoms with E-state index in [0.29, 0.717) is 12.5 Å². The summed E-state index contributed by atoms with van der Waals surface area (Å²) < 4.78 is 6.78. The van der Waals surface area contributed by atoms with Gasteiger partial charge in [-0.25, -0.2) is 10.0 Å². The van der Waals surface area contributed by atoms with E-state index in [2.05, 4.69) is 54.7 Å². The van der Waals surface area contributed by atoms with Crippen LogP contribution in [-0.4, -0.2) is 95.4 Å². The topological polar surface area (TPSA) is 43.8 Å². The van der Waals surface area contributed by atoms with E-state index in [-0.39, 0.29) is 17.2 Å². The summed E-state index contributed by atoms with van der Waals surface area (Å²) in [5.41, 5.74) is 0.608. The monoisotopic (exact) mass is 477 g/mol. The number of hydrazine groups is 2. The van der Waals surface area contributed by atoms with Crippen molar-refractivity contribution in [1.82, 2.24) is 20.0 Å². The molecule has 0 radical (unpaired) electrons. The molecule has 3 atom stereocenters. The Morgan fingerprint density at radius 2 is 1.53 bits per heavy atom. The number of hydrogen-bond acceptors (Lipinski definition) is 7. The predicted octanol–water partition coefficient (Wildman–Crippen LogP) is 4.54. The molecule has 196 valence electrons. The minimum absolute atomic E-state index is 0.163. The summed E-state index contributed by atoms with van der Waals surface area (Å²) in [4.78, 5) is 8.52. The highest BCUT2D eigenvalue weighted by atomic mass is 16.6. The highest BCUT2D eigenvalue weighted by Crippen LogP contribution is 2.50. The van der Waals surface area contributed by atoms with E-state index >= 15 is 0 Å². The van der Waals surface area contributed by atoms with Gasteiger partial charge in [-0.1, -0.05) is 31.8 Å². The molecular formula is C27H51N5O2. The molecule has 5 rings (SSSR count). The van der Waals surface area contributed by atoms with Crippen LogP contribution in [0.4, 0.5) is 0 Å². The summed E-state index contributed by atoms with van der Waals surface area (Å²) in [6, 6.07) is 0.224. The molecule has 2 bridgehead atoms. The summed E-state index contributed by atoms with van der Waals surface area (Å²) in [5.74, 6) is 0.413. The first kappa shape index (κ1) is 26.3. The first-order valence-electron chi connectivity index (χ1n) is 14.3. The molecule has 0 spiro atoms. The van der Waals surface area contributed by atoms with Crippen molar-refractivity contribution in [2.45, 2.75) is 110 Å². The van der Waals surface area contributed by atoms with E-state index in [9.17, 15) is 0 Å². The van der Waals surface area contributed by atoms with Crippen molar-refractivity contribution in [3.8, 4) is 0 Å². The van der Waals surface area contributed by atoms with Crippen molar-refractivity contribution in [2.24, 2.45) is 11.1 Å². The molecule has 34 heavy (non-hydrogen) atoms. The molecule has 1 aliphatic carbocycles. The molecular weight excluding hydrogens is 426 g/mol. The minimum atomic E-state index is -0.356. The number of ether oxygens (including phenoxy) is 1. The van der Waals surface area contributed by atoms with Gasteiger partial charge in [-0.15, -0.1) is 0 Å². The van der Waals surface area contributed by atoms with E-state index in [1.54, 1.807) is 0 Å². The Hall–Kier alpha value is -0.730. The van der Waals surface area contributed by atoms with Crippen molar-refractivity contribution in [3.05, 3.63) is 0 Å². The van der Waals surface area contributed by atoms with E-state index in [4.69, 9.17) is 14.7 Å². The van der Waals surface area contributed by atoms with Gasteiger partial charge in [0.2, 0.25) is 0 Å². The third kappa shape index (κ3) is 5.64. The van der Waals surface area contributed by atoms with E-state index < -0.39 is 0 Å². The SMILES string of the molecule is CCN(CC)CCCO/N=C1/[C@H](N(N2CCCCC2)N2CCCCC2)[C@H]2CC[C@]1(C)OC2(C)C. The van der Waals surface area contributed by atoms with Crippen LogP contribution < -0.4 is 0 Å². The summed E-state index contributed by atoms with van der Waals surface area (Å²) in [5, 5.41) is 12.9. The van der Waals surface area contributed by atoms with Gasteiger partial charge < -0.3 is 14.5 Å². The lowest BCUT2D eigenvalue weighted by atomic mass is 9.64. The molecule has 0 unspecified atom stereocenters. The van der Waals surface area contributed by atoms with Crippen molar-refractivity contribution < 1.29 is 9.57 Å². The van der Waals surface area contributed by atoms with Gasteiger partial charge in [0, 0.05) is 38.6 Å². The Morgan fingerprint density at radius 3 is 2.06 bits per heavy atom. The van der Waals surface area contributed by atoms with Crippen LogP contribution >= 0.6 is 0 Å². The van der Waals surface area contributed by atoms with Gasteiger partial charge in [0.05, 0.1) is 11.6 Å². The number of nitrogens with zero attached hydrogens (tertiary/aromatic N) is 5. The molecule has 0 amide bonds. The van der Waals surface area contributed by atoms with Crippen LogP contribution in [0.15, 0.2) is 5.16 Å². The van der Waals surface area contributed by atoms with Crippen molar-refractivity contribution in [1.29, 1.82) is 0 Å². The van der Waals surface area contributed by atoms with Crippen molar-refractivity contribution in [3.63, 3.8) is 0 Å². The van der Waals surface area contributed by atoms with Crippen LogP contribution in [0.5, 0.6) is 0 Å². The first-order chi connectivity index (χ1) is 16.4. The smallest absolute Gasteiger partial charge is 0.118 e. The summed E-state index contributed by atoms with van der Waals surface area (Å²) in [7, 11) is 0. The van der Waals surface area contributed by atoms with Crippen molar-refractivity contribution in [2.75, 3.05) is 52.4 Å². The number of hydrogen-bond donors (Lipinski definition) is 0. The maximum absolute atomic E-state index is 6.78. The molecule has 4 saturated heterocycles. The normalized spacial score (nSPS) is 33.8. The number of rotatable bonds is 10. The second-order valence-electron chi connectivity index (χ2n) is 11.6. The van der Waals surface area contributed by atoms with Crippen LogP contribution in [0.2, 0.25) is 0 Å². The zero-order chi connectivity index (χ0) is 24.2. The third-order valence-corrected chi connectivity index (χ3v) is 8.78. The molecule has 5 aliphatic rings. The molecule has 4 aliphatic heterocycles. The van der Waals surface area contributed by atoms with Gasteiger partial charge >= 0.3 is 0 Å². The fraction of sp³-hybridized carbons (Fsp3) is 0.963. The predicted molar refractivity (Wildman–Crippen MR) is 139 cm³/mol. The second kappa shape index (κ2) is 11.5. The fourth-order valence-electron chi connectivity index (χ4n) is 6.83. The molecule has 4 heterocycles. The van der Waals surface area contributed by atoms with Crippen LogP contribution in [0.25, 0.3) is 0 Å². The van der Waals surface area contributed by atoms with Crippen LogP contribution in [0.1, 0.15) is 92.4 Å². The lowest BCUT2D eigenvalue weighted by Gasteiger charge is -2.62. The minimum Gasteiger partial charge on any atom is -0.396 e. The van der Waals surface area contributed by atoms with E-state index in [0.717, 1.165) is 64.4 Å². The molecule has 1 saturated carbocycles. The fourth-order valence-corrected chi connectivity index (χ4v) is 6.83. The molecule has 7 nitrogen and oxygen atoms in total. The van der Waals surface area contributed by atoms with Crippen LogP contribution in [-0.2, 0) is 9.57 Å². The van der Waals surface area contributed by atoms with Crippen molar-refractivity contribution >= 4 is 5.71 Å². The van der Waals surface area contributed by atoms with Crippen LogP contribution in [0, 0.1) is 5.92 Å². The highest BCUT2D eigenvalue weighted by molar-refractivity contribution is 5.98. The maximum Gasteiger partial charge on any atom is 0.118 e. The molecule has 7 heteroatoms. The quantitative estimate of drug-likeness (QED) is 0.340. The Morgan fingerprint density at radius 1 is 0.941 bits per heavy atom. The van der Waals surface area contributed by atoms with Gasteiger partial charge in [0.1, 0.15) is 17.9 Å². The number of piperidine rings is 2. The molecule has 0 aromatic heterocycles. The zero-order valence-electron chi connectivity index (χ0n) is 22.7. The van der Waals surface area contributed by atoms with Gasteiger partial charge in [0.15, 0.2) is 0 Å². The Labute approximate surface area is 208 Å². The lowest BCUT2D eigenvalue weighted by molar-refractivity contribution is -0.267. The van der Waals surface area contributed by atoms with E-state index in [1.807, 2.05) is 0 Å². The lowest BCUT2D eigenvalue weighted by Crippen LogP contribution is -2.74. The average molecular weight is 478 g/mol. The highest BCUT2D eigenvalue weighted by Gasteiger charge is 2.61. The van der Waals surface area contributed by atoms with Gasteiger partial charge in [-0.05, 0) is 78.8 Å². The maximum atomic E-state index is 6.78. The molecule has 5 fully saturated rings. The van der Waals surface area contributed by atoms with E-state index in [1.165, 1.54) is 44.9 Å². The van der Waals surface area contributed by atoms with Gasteiger partial charge in [-0.3, -0.25) is 0 Å². The Kier molecular flexibility index (Phi) is 8.95. The first-order valence-corrected chi connectivity index (χ1v) is 14.3. The van der Waals surface area contributed by atoms with Gasteiger partial charge in [0.25, 0.3) is 0 Å².